The van der Waals surface area contributed by atoms with Crippen molar-refractivity contribution in [2.45, 2.75) is 25.9 Å². The van der Waals surface area contributed by atoms with Crippen LogP contribution in [-0.4, -0.2) is 23.9 Å². The Balaban J connectivity index is 4.22. The fourth-order valence-corrected chi connectivity index (χ4v) is 0.629. The number of esters is 1. The standard InChI is InChI=1S/C8H11F3O3/c1-2-3-4-14-7(13)6(5-12)8(9,10)11/h5,12H,2-4H2,1H3. The third kappa shape index (κ3) is 4.15. The first-order valence-electron chi connectivity index (χ1n) is 4.02. The molecule has 0 aliphatic carbocycles. The van der Waals surface area contributed by atoms with Crippen molar-refractivity contribution in [1.82, 2.24) is 0 Å². The number of rotatable bonds is 4. The molecule has 0 rings (SSSR count). The molecule has 82 valence electrons. The maximum atomic E-state index is 12.0. The highest BCUT2D eigenvalue weighted by atomic mass is 19.4. The smallest absolute Gasteiger partial charge is 0.426 e. The number of carbonyl (C=O) groups excluding carboxylic acids is 1. The van der Waals surface area contributed by atoms with Crippen LogP contribution in [0.25, 0.3) is 0 Å². The second-order valence-corrected chi connectivity index (χ2v) is 2.53. The van der Waals surface area contributed by atoms with Crippen molar-refractivity contribution in [3.63, 3.8) is 0 Å². The molecular weight excluding hydrogens is 201 g/mol. The van der Waals surface area contributed by atoms with Gasteiger partial charge in [0.1, 0.15) is 0 Å². The Bertz CT molecular complexity index is 220. The van der Waals surface area contributed by atoms with Gasteiger partial charge in [0, 0.05) is 0 Å². The molecule has 0 radical (unpaired) electrons. The van der Waals surface area contributed by atoms with Crippen LogP contribution in [0.5, 0.6) is 0 Å². The maximum Gasteiger partial charge on any atom is 0.426 e. The molecule has 0 spiro atoms. The molecular formula is C8H11F3O3. The second kappa shape index (κ2) is 5.51. The number of unbranched alkanes of at least 4 members (excludes halogenated alkanes) is 1. The average Bonchev–Trinajstić information content (AvgIpc) is 2.03. The van der Waals surface area contributed by atoms with E-state index >= 15 is 0 Å². The van der Waals surface area contributed by atoms with Crippen LogP contribution in [0.2, 0.25) is 0 Å². The van der Waals surface area contributed by atoms with Gasteiger partial charge in [0.15, 0.2) is 5.57 Å². The highest BCUT2D eigenvalue weighted by molar-refractivity contribution is 5.89. The van der Waals surface area contributed by atoms with Crippen LogP contribution in [0.3, 0.4) is 0 Å². The van der Waals surface area contributed by atoms with Gasteiger partial charge in [0.05, 0.1) is 12.9 Å². The maximum absolute atomic E-state index is 12.0. The van der Waals surface area contributed by atoms with Gasteiger partial charge in [0.25, 0.3) is 0 Å². The van der Waals surface area contributed by atoms with Crippen LogP contribution in [-0.2, 0) is 9.53 Å². The van der Waals surface area contributed by atoms with Gasteiger partial charge in [-0.25, -0.2) is 4.79 Å². The molecule has 0 aromatic heterocycles. The summed E-state index contributed by atoms with van der Waals surface area (Å²) in [5.74, 6) is -1.55. The van der Waals surface area contributed by atoms with E-state index in [9.17, 15) is 18.0 Å². The van der Waals surface area contributed by atoms with E-state index < -0.39 is 17.7 Å². The number of ether oxygens (including phenoxy) is 1. The second-order valence-electron chi connectivity index (χ2n) is 2.53. The summed E-state index contributed by atoms with van der Waals surface area (Å²) in [5.41, 5.74) is -1.69. The Kier molecular flexibility index (Phi) is 5.04. The lowest BCUT2D eigenvalue weighted by Gasteiger charge is -2.09. The molecule has 0 saturated heterocycles. The molecule has 0 atom stereocenters. The molecule has 0 heterocycles. The minimum absolute atomic E-state index is 0.0806. The van der Waals surface area contributed by atoms with Crippen molar-refractivity contribution in [1.29, 1.82) is 0 Å². The summed E-state index contributed by atoms with van der Waals surface area (Å²) in [7, 11) is 0. The van der Waals surface area contributed by atoms with E-state index in [1.807, 2.05) is 0 Å². The summed E-state index contributed by atoms with van der Waals surface area (Å²) < 4.78 is 40.1. The Morgan fingerprint density at radius 1 is 1.50 bits per heavy atom. The van der Waals surface area contributed by atoms with E-state index in [1.54, 1.807) is 6.92 Å². The fourth-order valence-electron chi connectivity index (χ4n) is 0.629. The van der Waals surface area contributed by atoms with Gasteiger partial charge in [-0.15, -0.1) is 0 Å². The molecule has 3 nitrogen and oxygen atoms in total. The quantitative estimate of drug-likeness (QED) is 0.336. The van der Waals surface area contributed by atoms with Crippen molar-refractivity contribution in [2.75, 3.05) is 6.61 Å². The van der Waals surface area contributed by atoms with Crippen molar-refractivity contribution in [3.8, 4) is 0 Å². The van der Waals surface area contributed by atoms with Gasteiger partial charge in [-0.1, -0.05) is 13.3 Å². The van der Waals surface area contributed by atoms with E-state index in [1.165, 1.54) is 0 Å². The number of halogens is 3. The molecule has 0 aliphatic heterocycles. The number of hydrogen-bond acceptors (Lipinski definition) is 3. The predicted molar refractivity (Wildman–Crippen MR) is 42.6 cm³/mol. The van der Waals surface area contributed by atoms with Crippen LogP contribution < -0.4 is 0 Å². The van der Waals surface area contributed by atoms with E-state index in [2.05, 4.69) is 4.74 Å². The minimum atomic E-state index is -4.88. The molecule has 0 fully saturated rings. The summed E-state index contributed by atoms with van der Waals surface area (Å²) in [6, 6.07) is 0. The van der Waals surface area contributed by atoms with Crippen LogP contribution >= 0.6 is 0 Å². The SMILES string of the molecule is CCCCOC(=O)C(=CO)C(F)(F)F. The van der Waals surface area contributed by atoms with Crippen molar-refractivity contribution in [3.05, 3.63) is 11.8 Å². The van der Waals surface area contributed by atoms with Crippen LogP contribution in [0.4, 0.5) is 13.2 Å². The Hall–Kier alpha value is -1.20. The summed E-state index contributed by atoms with van der Waals surface area (Å²) in [6.45, 7) is 1.73. The third-order valence-electron chi connectivity index (χ3n) is 1.39. The highest BCUT2D eigenvalue weighted by Crippen LogP contribution is 2.25. The average molecular weight is 212 g/mol. The summed E-state index contributed by atoms with van der Waals surface area (Å²) >= 11 is 0. The molecule has 1 N–H and O–H groups in total. The first-order chi connectivity index (χ1) is 6.43. The summed E-state index contributed by atoms with van der Waals surface area (Å²) in [6.07, 6.45) is -3.97. The summed E-state index contributed by atoms with van der Waals surface area (Å²) in [5, 5.41) is 8.21. The number of alkyl halides is 3. The van der Waals surface area contributed by atoms with E-state index in [0.29, 0.717) is 12.8 Å². The molecule has 0 saturated carbocycles. The lowest BCUT2D eigenvalue weighted by molar-refractivity contribution is -0.151. The monoisotopic (exact) mass is 212 g/mol. The number of carbonyl (C=O) groups is 1. The van der Waals surface area contributed by atoms with Gasteiger partial charge in [-0.3, -0.25) is 0 Å². The lowest BCUT2D eigenvalue weighted by Crippen LogP contribution is -2.22. The third-order valence-corrected chi connectivity index (χ3v) is 1.39. The molecule has 0 aromatic rings. The molecule has 0 amide bonds. The zero-order chi connectivity index (χ0) is 11.2. The minimum Gasteiger partial charge on any atom is -0.515 e. The van der Waals surface area contributed by atoms with Crippen LogP contribution in [0, 0.1) is 0 Å². The fraction of sp³-hybridized carbons (Fsp3) is 0.625. The van der Waals surface area contributed by atoms with E-state index in [0.717, 1.165) is 0 Å². The topological polar surface area (TPSA) is 46.5 Å². The molecule has 0 bridgehead atoms. The van der Waals surface area contributed by atoms with Gasteiger partial charge in [-0.05, 0) is 6.42 Å². The largest absolute Gasteiger partial charge is 0.515 e. The Labute approximate surface area is 79.2 Å². The van der Waals surface area contributed by atoms with Gasteiger partial charge in [-0.2, -0.15) is 13.2 Å². The molecule has 0 unspecified atom stereocenters. The normalized spacial score (nSPS) is 12.7. The number of aliphatic hydroxyl groups is 1. The molecule has 6 heteroatoms. The number of aliphatic hydroxyl groups excluding tert-OH is 1. The first-order valence-corrected chi connectivity index (χ1v) is 4.02. The van der Waals surface area contributed by atoms with E-state index in [4.69, 9.17) is 5.11 Å². The molecule has 0 aliphatic rings. The van der Waals surface area contributed by atoms with Crippen molar-refractivity contribution >= 4 is 5.97 Å². The summed E-state index contributed by atoms with van der Waals surface area (Å²) in [4.78, 5) is 10.7. The Morgan fingerprint density at radius 3 is 2.43 bits per heavy atom. The van der Waals surface area contributed by atoms with Gasteiger partial charge in [0.2, 0.25) is 0 Å². The predicted octanol–water partition coefficient (Wildman–Crippen LogP) is 2.33. The Morgan fingerprint density at radius 2 is 2.07 bits per heavy atom. The zero-order valence-electron chi connectivity index (χ0n) is 7.60. The van der Waals surface area contributed by atoms with E-state index in [-0.39, 0.29) is 12.9 Å². The van der Waals surface area contributed by atoms with Gasteiger partial charge >= 0.3 is 12.1 Å². The van der Waals surface area contributed by atoms with Crippen LogP contribution in [0.15, 0.2) is 11.8 Å². The van der Waals surface area contributed by atoms with Crippen LogP contribution in [0.1, 0.15) is 19.8 Å². The number of hydrogen-bond donors (Lipinski definition) is 1. The lowest BCUT2D eigenvalue weighted by atomic mass is 10.3. The molecule has 0 aromatic carbocycles. The van der Waals surface area contributed by atoms with Gasteiger partial charge < -0.3 is 9.84 Å². The zero-order valence-corrected chi connectivity index (χ0v) is 7.60. The highest BCUT2D eigenvalue weighted by Gasteiger charge is 2.40. The molecule has 14 heavy (non-hydrogen) atoms. The first kappa shape index (κ1) is 12.8. The van der Waals surface area contributed by atoms with Crippen molar-refractivity contribution < 1.29 is 27.8 Å². The van der Waals surface area contributed by atoms with Crippen molar-refractivity contribution in [2.24, 2.45) is 0 Å².